The summed E-state index contributed by atoms with van der Waals surface area (Å²) in [6.45, 7) is 13.1. The van der Waals surface area contributed by atoms with Gasteiger partial charge in [0.05, 0.1) is 11.9 Å². The largest absolute Gasteiger partial charge is 0.342 e. The van der Waals surface area contributed by atoms with Crippen molar-refractivity contribution in [1.82, 2.24) is 24.1 Å². The molecule has 1 N–H and O–H groups in total. The molecular weight excluding hydrogens is 416 g/mol. The third kappa shape index (κ3) is 5.28. The fourth-order valence-corrected chi connectivity index (χ4v) is 5.12. The number of rotatable bonds is 6. The number of hydrogen-bond acceptors (Lipinski definition) is 6. The molecule has 1 fully saturated rings. The van der Waals surface area contributed by atoms with Gasteiger partial charge in [0, 0.05) is 38.6 Å². The van der Waals surface area contributed by atoms with E-state index in [0.29, 0.717) is 41.9 Å². The minimum absolute atomic E-state index is 0.189. The molecule has 3 heterocycles. The summed E-state index contributed by atoms with van der Waals surface area (Å²) in [4.78, 5) is 22.9. The van der Waals surface area contributed by atoms with Crippen LogP contribution in [0.15, 0.2) is 4.79 Å². The van der Waals surface area contributed by atoms with E-state index in [4.69, 9.17) is 4.98 Å². The van der Waals surface area contributed by atoms with Crippen LogP contribution in [0.2, 0.25) is 0 Å². The third-order valence-electron chi connectivity index (χ3n) is 5.80. The first-order valence-electron chi connectivity index (χ1n) is 10.9. The Morgan fingerprint density at radius 3 is 2.35 bits per heavy atom. The van der Waals surface area contributed by atoms with Gasteiger partial charge >= 0.3 is 0 Å². The molecule has 1 aliphatic heterocycles. The smallest absolute Gasteiger partial charge is 0.278 e. The van der Waals surface area contributed by atoms with Crippen molar-refractivity contribution in [2.75, 3.05) is 37.3 Å². The van der Waals surface area contributed by atoms with Gasteiger partial charge in [-0.2, -0.15) is 5.10 Å². The standard InChI is InChI=1S/C21H36N6O3S/c1-14(2)12-26(13-15-8-10-27(11-9-15)31(7,29)30)20-22-16-17(19(28)23-20)25(6)24-18(16)21(3,4)5/h14-15H,8-13H2,1-7H3,(H,22,23,28). The highest BCUT2D eigenvalue weighted by Gasteiger charge is 2.29. The van der Waals surface area contributed by atoms with Crippen LogP contribution in [0.5, 0.6) is 0 Å². The molecule has 0 aromatic carbocycles. The van der Waals surface area contributed by atoms with E-state index >= 15 is 0 Å². The molecule has 1 saturated heterocycles. The number of anilines is 1. The fourth-order valence-electron chi connectivity index (χ4n) is 4.25. The molecule has 0 saturated carbocycles. The SMILES string of the molecule is CC(C)CN(CC1CCN(S(C)(=O)=O)CC1)c1nc2c(C(C)(C)C)nn(C)c2c(=O)[nH]1. The van der Waals surface area contributed by atoms with Crippen molar-refractivity contribution in [3.05, 3.63) is 16.0 Å². The minimum Gasteiger partial charge on any atom is -0.342 e. The maximum Gasteiger partial charge on any atom is 0.278 e. The maximum atomic E-state index is 12.9. The molecule has 0 atom stereocenters. The zero-order valence-electron chi connectivity index (χ0n) is 19.8. The summed E-state index contributed by atoms with van der Waals surface area (Å²) in [6.07, 6.45) is 2.87. The lowest BCUT2D eigenvalue weighted by atomic mass is 9.91. The van der Waals surface area contributed by atoms with Crippen LogP contribution < -0.4 is 10.5 Å². The predicted octanol–water partition coefficient (Wildman–Crippen LogP) is 2.09. The Hall–Kier alpha value is -1.94. The van der Waals surface area contributed by atoms with Crippen LogP contribution in [0.4, 0.5) is 5.95 Å². The second-order valence-corrected chi connectivity index (χ2v) is 12.2. The molecule has 1 aliphatic rings. The van der Waals surface area contributed by atoms with E-state index in [9.17, 15) is 13.2 Å². The number of aryl methyl sites for hydroxylation is 1. The summed E-state index contributed by atoms with van der Waals surface area (Å²) in [5.41, 5.74) is 1.52. The highest BCUT2D eigenvalue weighted by molar-refractivity contribution is 7.88. The van der Waals surface area contributed by atoms with Gasteiger partial charge in [-0.25, -0.2) is 17.7 Å². The Balaban J connectivity index is 1.93. The van der Waals surface area contributed by atoms with Crippen LogP contribution in [-0.4, -0.2) is 64.9 Å². The second kappa shape index (κ2) is 8.54. The molecule has 0 unspecified atom stereocenters. The highest BCUT2D eigenvalue weighted by Crippen LogP contribution is 2.28. The number of sulfonamides is 1. The molecule has 31 heavy (non-hydrogen) atoms. The zero-order chi connectivity index (χ0) is 23.1. The van der Waals surface area contributed by atoms with Gasteiger partial charge < -0.3 is 4.90 Å². The number of fused-ring (bicyclic) bond motifs is 1. The molecule has 0 spiro atoms. The van der Waals surface area contributed by atoms with Crippen LogP contribution in [0, 0.1) is 11.8 Å². The first-order chi connectivity index (χ1) is 14.3. The molecule has 3 rings (SSSR count). The second-order valence-electron chi connectivity index (χ2n) is 10.2. The van der Waals surface area contributed by atoms with Crippen LogP contribution in [0.1, 0.15) is 53.2 Å². The van der Waals surface area contributed by atoms with Gasteiger partial charge in [-0.05, 0) is 24.7 Å². The van der Waals surface area contributed by atoms with Crippen molar-refractivity contribution in [2.45, 2.75) is 52.9 Å². The first kappa shape index (κ1) is 23.7. The predicted molar refractivity (Wildman–Crippen MR) is 124 cm³/mol. The van der Waals surface area contributed by atoms with Gasteiger partial charge in [-0.15, -0.1) is 0 Å². The first-order valence-corrected chi connectivity index (χ1v) is 12.8. The monoisotopic (exact) mass is 452 g/mol. The van der Waals surface area contributed by atoms with Crippen molar-refractivity contribution in [2.24, 2.45) is 18.9 Å². The topological polar surface area (TPSA) is 104 Å². The molecule has 0 radical (unpaired) electrons. The summed E-state index contributed by atoms with van der Waals surface area (Å²) in [5, 5.41) is 4.58. The van der Waals surface area contributed by atoms with Gasteiger partial charge in [-0.1, -0.05) is 34.6 Å². The van der Waals surface area contributed by atoms with Crippen LogP contribution in [-0.2, 0) is 22.5 Å². The normalized spacial score (nSPS) is 17.0. The fraction of sp³-hybridized carbons (Fsp3) is 0.762. The summed E-state index contributed by atoms with van der Waals surface area (Å²) in [7, 11) is -1.37. The van der Waals surface area contributed by atoms with Crippen LogP contribution in [0.25, 0.3) is 11.0 Å². The number of nitrogens with zero attached hydrogens (tertiary/aromatic N) is 5. The Labute approximate surface area is 184 Å². The van der Waals surface area contributed by atoms with E-state index in [1.807, 2.05) is 0 Å². The number of H-pyrrole nitrogens is 1. The zero-order valence-corrected chi connectivity index (χ0v) is 20.6. The van der Waals surface area contributed by atoms with Crippen molar-refractivity contribution >= 4 is 27.0 Å². The van der Waals surface area contributed by atoms with E-state index in [-0.39, 0.29) is 11.0 Å². The summed E-state index contributed by atoms with van der Waals surface area (Å²) >= 11 is 0. The minimum atomic E-state index is -3.14. The molecule has 0 bridgehead atoms. The number of nitrogens with one attached hydrogen (secondary N) is 1. The Bertz CT molecular complexity index is 1090. The average molecular weight is 453 g/mol. The molecule has 174 valence electrons. The van der Waals surface area contributed by atoms with Gasteiger partial charge in [0.2, 0.25) is 16.0 Å². The molecular formula is C21H36N6O3S. The maximum absolute atomic E-state index is 12.9. The van der Waals surface area contributed by atoms with Crippen LogP contribution in [0.3, 0.4) is 0 Å². The van der Waals surface area contributed by atoms with Gasteiger partial charge in [0.1, 0.15) is 5.52 Å². The lowest BCUT2D eigenvalue weighted by Crippen LogP contribution is -2.42. The molecule has 0 amide bonds. The van der Waals surface area contributed by atoms with Gasteiger partial charge in [0.25, 0.3) is 5.56 Å². The molecule has 2 aromatic rings. The van der Waals surface area contributed by atoms with Crippen molar-refractivity contribution in [3.8, 4) is 0 Å². The quantitative estimate of drug-likeness (QED) is 0.720. The number of piperidine rings is 1. The van der Waals surface area contributed by atoms with E-state index in [1.165, 1.54) is 6.26 Å². The van der Waals surface area contributed by atoms with Crippen LogP contribution >= 0.6 is 0 Å². The summed E-state index contributed by atoms with van der Waals surface area (Å²) in [6, 6.07) is 0. The van der Waals surface area contributed by atoms with Gasteiger partial charge in [0.15, 0.2) is 5.52 Å². The lowest BCUT2D eigenvalue weighted by molar-refractivity contribution is 0.274. The van der Waals surface area contributed by atoms with Crippen molar-refractivity contribution in [3.63, 3.8) is 0 Å². The average Bonchev–Trinajstić information content (AvgIpc) is 2.98. The number of aromatic amines is 1. The van der Waals surface area contributed by atoms with E-state index in [0.717, 1.165) is 31.6 Å². The third-order valence-corrected chi connectivity index (χ3v) is 7.10. The molecule has 0 aliphatic carbocycles. The molecule has 9 nitrogen and oxygen atoms in total. The number of hydrogen-bond donors (Lipinski definition) is 1. The number of aromatic nitrogens is 4. The van der Waals surface area contributed by atoms with E-state index in [2.05, 4.69) is 49.6 Å². The van der Waals surface area contributed by atoms with Gasteiger partial charge in [-0.3, -0.25) is 14.5 Å². The van der Waals surface area contributed by atoms with E-state index in [1.54, 1.807) is 16.0 Å². The lowest BCUT2D eigenvalue weighted by Gasteiger charge is -2.34. The summed E-state index contributed by atoms with van der Waals surface area (Å²) < 4.78 is 26.8. The van der Waals surface area contributed by atoms with Crippen molar-refractivity contribution < 1.29 is 8.42 Å². The summed E-state index contributed by atoms with van der Waals surface area (Å²) in [5.74, 6) is 1.29. The Kier molecular flexibility index (Phi) is 6.53. The molecule has 2 aromatic heterocycles. The molecule has 10 heteroatoms. The van der Waals surface area contributed by atoms with Crippen molar-refractivity contribution in [1.29, 1.82) is 0 Å². The van der Waals surface area contributed by atoms with E-state index < -0.39 is 10.0 Å². The Morgan fingerprint density at radius 1 is 1.23 bits per heavy atom. The Morgan fingerprint density at radius 2 is 1.84 bits per heavy atom. The highest BCUT2D eigenvalue weighted by atomic mass is 32.2.